The van der Waals surface area contributed by atoms with Crippen molar-refractivity contribution in [2.75, 3.05) is 7.05 Å². The number of Topliss-reactive ketones (excluding diaryl/α,β-unsaturated/α-hetero) is 1. The molecule has 0 aliphatic carbocycles. The van der Waals surface area contributed by atoms with Crippen LogP contribution in [0.25, 0.3) is 0 Å². The normalized spacial score (nSPS) is 11.6. The van der Waals surface area contributed by atoms with Crippen LogP contribution in [0, 0.1) is 0 Å². The molecule has 5 N–H and O–H groups in total. The summed E-state index contributed by atoms with van der Waals surface area (Å²) in [4.78, 5) is 10.7. The molecule has 0 spiro atoms. The van der Waals surface area contributed by atoms with Gasteiger partial charge < -0.3 is 10.4 Å². The summed E-state index contributed by atoms with van der Waals surface area (Å²) in [5.74, 6) is -2.14. The van der Waals surface area contributed by atoms with Gasteiger partial charge in [-0.05, 0) is 14.0 Å². The van der Waals surface area contributed by atoms with Crippen molar-refractivity contribution in [1.82, 2.24) is 16.3 Å². The number of rotatable bonds is 4. The highest BCUT2D eigenvalue weighted by molar-refractivity contribution is 5.84. The second-order valence-corrected chi connectivity index (χ2v) is 1.78. The van der Waals surface area contributed by atoms with Crippen molar-refractivity contribution in [3.05, 3.63) is 0 Å². The molecule has 10 heavy (non-hydrogen) atoms. The second-order valence-electron chi connectivity index (χ2n) is 1.78. The molecule has 0 aliphatic heterocycles. The lowest BCUT2D eigenvalue weighted by Gasteiger charge is -2.26. The van der Waals surface area contributed by atoms with E-state index in [1.165, 1.54) is 14.0 Å². The van der Waals surface area contributed by atoms with Crippen LogP contribution in [0.1, 0.15) is 6.92 Å². The molecule has 0 aliphatic rings. The summed E-state index contributed by atoms with van der Waals surface area (Å²) in [5, 5.41) is 19.1. The van der Waals surface area contributed by atoms with Crippen LogP contribution in [0.4, 0.5) is 0 Å². The Morgan fingerprint density at radius 1 is 1.40 bits per heavy atom. The highest BCUT2D eigenvalue weighted by Gasteiger charge is 2.31. The minimum atomic E-state index is -1.65. The van der Waals surface area contributed by atoms with Crippen molar-refractivity contribution in [3.63, 3.8) is 0 Å². The zero-order valence-electron chi connectivity index (χ0n) is 5.80. The maximum absolute atomic E-state index is 10.7. The molecular formula is C4H11N3O3. The number of hydroxylamine groups is 2. The summed E-state index contributed by atoms with van der Waals surface area (Å²) in [6, 6.07) is 0. The third-order valence-electron chi connectivity index (χ3n) is 1.24. The molecule has 6 nitrogen and oxygen atoms in total. The number of ketones is 1. The van der Waals surface area contributed by atoms with Crippen molar-refractivity contribution in [2.24, 2.45) is 0 Å². The van der Waals surface area contributed by atoms with Crippen molar-refractivity contribution in [3.8, 4) is 0 Å². The third-order valence-corrected chi connectivity index (χ3v) is 1.24. The quantitative estimate of drug-likeness (QED) is 0.244. The van der Waals surface area contributed by atoms with E-state index >= 15 is 0 Å². The van der Waals surface area contributed by atoms with E-state index in [1.807, 2.05) is 0 Å². The zero-order chi connectivity index (χ0) is 8.20. The fraction of sp³-hybridized carbons (Fsp3) is 0.750. The van der Waals surface area contributed by atoms with Crippen LogP contribution >= 0.6 is 0 Å². The maximum atomic E-state index is 10.7. The van der Waals surface area contributed by atoms with Gasteiger partial charge in [0.05, 0.1) is 0 Å². The summed E-state index contributed by atoms with van der Waals surface area (Å²) >= 11 is 0. The summed E-state index contributed by atoms with van der Waals surface area (Å²) < 4.78 is 0. The SMILES string of the molecule is CNC(NO)(NO)C(C)=O. The topological polar surface area (TPSA) is 93.6 Å². The Bertz CT molecular complexity index is 115. The van der Waals surface area contributed by atoms with Gasteiger partial charge >= 0.3 is 0 Å². The lowest BCUT2D eigenvalue weighted by Crippen LogP contribution is -2.68. The molecule has 0 saturated carbocycles. The molecule has 0 heterocycles. The third kappa shape index (κ3) is 1.49. The Balaban J connectivity index is 4.31. The predicted octanol–water partition coefficient (Wildman–Crippen LogP) is -1.59. The van der Waals surface area contributed by atoms with Gasteiger partial charge in [-0.2, -0.15) is 11.0 Å². The summed E-state index contributed by atoms with van der Waals surface area (Å²) in [6.45, 7) is 1.20. The fourth-order valence-corrected chi connectivity index (χ4v) is 0.470. The number of nitrogens with one attached hydrogen (secondary N) is 3. The van der Waals surface area contributed by atoms with E-state index in [0.29, 0.717) is 0 Å². The lowest BCUT2D eigenvalue weighted by atomic mass is 10.2. The van der Waals surface area contributed by atoms with E-state index in [2.05, 4.69) is 5.32 Å². The van der Waals surface area contributed by atoms with Crippen molar-refractivity contribution >= 4 is 5.78 Å². The van der Waals surface area contributed by atoms with E-state index in [4.69, 9.17) is 10.4 Å². The Morgan fingerprint density at radius 3 is 1.80 bits per heavy atom. The molecule has 0 saturated heterocycles. The van der Waals surface area contributed by atoms with Crippen LogP contribution in [0.3, 0.4) is 0 Å². The molecule has 0 unspecified atom stereocenters. The number of hydrogen-bond acceptors (Lipinski definition) is 6. The van der Waals surface area contributed by atoms with Gasteiger partial charge in [-0.15, -0.1) is 0 Å². The molecule has 60 valence electrons. The van der Waals surface area contributed by atoms with E-state index in [9.17, 15) is 4.79 Å². The van der Waals surface area contributed by atoms with Crippen LogP contribution in [-0.4, -0.2) is 29.0 Å². The molecular weight excluding hydrogens is 138 g/mol. The first-order chi connectivity index (χ1) is 4.63. The molecule has 0 aromatic carbocycles. The molecule has 6 heteroatoms. The van der Waals surface area contributed by atoms with E-state index in [1.54, 1.807) is 11.0 Å². The van der Waals surface area contributed by atoms with Crippen LogP contribution in [0.5, 0.6) is 0 Å². The average Bonchev–Trinajstić information content (AvgIpc) is 1.92. The van der Waals surface area contributed by atoms with Crippen LogP contribution < -0.4 is 16.3 Å². The van der Waals surface area contributed by atoms with Gasteiger partial charge in [-0.1, -0.05) is 0 Å². The van der Waals surface area contributed by atoms with Gasteiger partial charge in [0.2, 0.25) is 5.79 Å². The summed E-state index contributed by atoms with van der Waals surface area (Å²) in [7, 11) is 1.40. The summed E-state index contributed by atoms with van der Waals surface area (Å²) in [6.07, 6.45) is 0. The molecule has 0 atom stereocenters. The van der Waals surface area contributed by atoms with Crippen LogP contribution in [0.15, 0.2) is 0 Å². The van der Waals surface area contributed by atoms with Gasteiger partial charge in [-0.3, -0.25) is 10.1 Å². The standard InChI is InChI=1S/C4H11N3O3/c1-3(8)4(5-2,6-9)7-10/h5-7,9-10H,1-2H3. The molecule has 0 amide bonds. The Hall–Kier alpha value is -0.530. The highest BCUT2D eigenvalue weighted by Crippen LogP contribution is 1.91. The maximum Gasteiger partial charge on any atom is 0.227 e. The number of carbonyl (C=O) groups is 1. The first kappa shape index (κ1) is 9.47. The number of likely N-dealkylation sites (N-methyl/N-ethyl adjacent to an activating group) is 1. The van der Waals surface area contributed by atoms with Gasteiger partial charge in [0.15, 0.2) is 5.78 Å². The van der Waals surface area contributed by atoms with Gasteiger partial charge in [0.25, 0.3) is 0 Å². The van der Waals surface area contributed by atoms with Gasteiger partial charge in [0.1, 0.15) is 0 Å². The Kier molecular flexibility index (Phi) is 3.40. The van der Waals surface area contributed by atoms with Gasteiger partial charge in [0, 0.05) is 0 Å². The number of carbonyl (C=O) groups excluding carboxylic acids is 1. The molecule has 0 fully saturated rings. The van der Waals surface area contributed by atoms with E-state index in [0.717, 1.165) is 0 Å². The number of hydrogen-bond donors (Lipinski definition) is 5. The van der Waals surface area contributed by atoms with Crippen molar-refractivity contribution in [2.45, 2.75) is 12.7 Å². The Morgan fingerprint density at radius 2 is 1.80 bits per heavy atom. The lowest BCUT2D eigenvalue weighted by molar-refractivity contribution is -0.141. The van der Waals surface area contributed by atoms with Crippen molar-refractivity contribution in [1.29, 1.82) is 0 Å². The van der Waals surface area contributed by atoms with E-state index in [-0.39, 0.29) is 0 Å². The molecule has 0 aromatic heterocycles. The molecule has 0 aromatic rings. The van der Waals surface area contributed by atoms with Crippen molar-refractivity contribution < 1.29 is 15.2 Å². The fourth-order valence-electron chi connectivity index (χ4n) is 0.470. The zero-order valence-corrected chi connectivity index (χ0v) is 5.80. The highest BCUT2D eigenvalue weighted by atomic mass is 16.5. The largest absolute Gasteiger partial charge is 0.313 e. The van der Waals surface area contributed by atoms with E-state index < -0.39 is 11.6 Å². The predicted molar refractivity (Wildman–Crippen MR) is 32.3 cm³/mol. The minimum Gasteiger partial charge on any atom is -0.313 e. The van der Waals surface area contributed by atoms with Crippen LogP contribution in [0.2, 0.25) is 0 Å². The average molecular weight is 149 g/mol. The Labute approximate surface area is 58.1 Å². The summed E-state index contributed by atoms with van der Waals surface area (Å²) in [5.41, 5.74) is 3.19. The molecule has 0 rings (SSSR count). The second kappa shape index (κ2) is 3.59. The minimum absolute atomic E-state index is 0.486. The van der Waals surface area contributed by atoms with Gasteiger partial charge in [-0.25, -0.2) is 0 Å². The van der Waals surface area contributed by atoms with Crippen LogP contribution in [-0.2, 0) is 4.79 Å². The smallest absolute Gasteiger partial charge is 0.227 e. The first-order valence-electron chi connectivity index (χ1n) is 2.65. The molecule has 0 bridgehead atoms. The molecule has 0 radical (unpaired) electrons. The monoisotopic (exact) mass is 149 g/mol. The first-order valence-corrected chi connectivity index (χ1v) is 2.65.